The summed E-state index contributed by atoms with van der Waals surface area (Å²) in [6.45, 7) is 1.92. The fourth-order valence-corrected chi connectivity index (χ4v) is 6.15. The molecule has 0 spiro atoms. The maximum absolute atomic E-state index is 12.9. The molecule has 0 saturated heterocycles. The maximum atomic E-state index is 12.9. The predicted molar refractivity (Wildman–Crippen MR) is 124 cm³/mol. The van der Waals surface area contributed by atoms with E-state index in [-0.39, 0.29) is 10.9 Å². The van der Waals surface area contributed by atoms with E-state index < -0.39 is 22.2 Å². The largest absolute Gasteiger partial charge is 0.389 e. The lowest BCUT2D eigenvalue weighted by molar-refractivity contribution is 0.0547. The summed E-state index contributed by atoms with van der Waals surface area (Å²) < 4.78 is 30.9. The highest BCUT2D eigenvalue weighted by Gasteiger charge is 2.36. The number of aliphatic hydroxyl groups is 1. The van der Waals surface area contributed by atoms with Gasteiger partial charge in [0.25, 0.3) is 0 Å². The topological polar surface area (TPSA) is 71.3 Å². The molecule has 3 atom stereocenters. The van der Waals surface area contributed by atoms with Crippen LogP contribution in [0.3, 0.4) is 0 Å². The van der Waals surface area contributed by atoms with Crippen molar-refractivity contribution < 1.29 is 13.5 Å². The number of fused-ring (bicyclic) bond motifs is 3. The number of para-hydroxylation sites is 2. The average molecular weight is 435 g/mol. The van der Waals surface area contributed by atoms with Gasteiger partial charge in [-0.05, 0) is 50.5 Å². The lowest BCUT2D eigenvalue weighted by Crippen LogP contribution is -2.49. The van der Waals surface area contributed by atoms with Crippen molar-refractivity contribution in [1.82, 2.24) is 9.29 Å². The van der Waals surface area contributed by atoms with Crippen LogP contribution in [0.15, 0.2) is 77.7 Å². The minimum absolute atomic E-state index is 0.204. The number of aromatic nitrogens is 1. The summed E-state index contributed by atoms with van der Waals surface area (Å²) in [6, 6.07) is 22.4. The van der Waals surface area contributed by atoms with Gasteiger partial charge in [-0.25, -0.2) is 13.1 Å². The van der Waals surface area contributed by atoms with Gasteiger partial charge in [0.05, 0.1) is 23.1 Å². The highest BCUT2D eigenvalue weighted by molar-refractivity contribution is 7.89. The van der Waals surface area contributed by atoms with E-state index in [4.69, 9.17) is 0 Å². The second-order valence-corrected chi connectivity index (χ2v) is 10.1. The normalized spacial score (nSPS) is 22.2. The summed E-state index contributed by atoms with van der Waals surface area (Å²) >= 11 is 0. The van der Waals surface area contributed by atoms with Crippen LogP contribution in [0.25, 0.3) is 21.8 Å². The smallest absolute Gasteiger partial charge is 0.240 e. The number of benzene rings is 3. The van der Waals surface area contributed by atoms with Gasteiger partial charge in [0.1, 0.15) is 0 Å². The predicted octanol–water partition coefficient (Wildman–Crippen LogP) is 4.54. The number of nitrogens with zero attached hydrogens (tertiary/aromatic N) is 1. The molecule has 31 heavy (non-hydrogen) atoms. The Balaban J connectivity index is 1.51. The summed E-state index contributed by atoms with van der Waals surface area (Å²) in [5, 5.41) is 13.6. The maximum Gasteiger partial charge on any atom is 0.240 e. The van der Waals surface area contributed by atoms with E-state index in [1.807, 2.05) is 31.2 Å². The molecule has 2 N–H and O–H groups in total. The number of aliphatic hydroxyl groups excluding tert-OH is 1. The molecule has 0 aliphatic heterocycles. The second-order valence-electron chi connectivity index (χ2n) is 8.43. The van der Waals surface area contributed by atoms with E-state index in [2.05, 4.69) is 33.6 Å². The number of hydrogen-bond donors (Lipinski definition) is 2. The fourth-order valence-electron chi connectivity index (χ4n) is 4.86. The Hall–Kier alpha value is -2.67. The Morgan fingerprint density at radius 1 is 0.871 bits per heavy atom. The molecular formula is C25H26N2O3S. The van der Waals surface area contributed by atoms with Gasteiger partial charge < -0.3 is 9.67 Å². The molecular weight excluding hydrogens is 408 g/mol. The van der Waals surface area contributed by atoms with Crippen LogP contribution in [0.4, 0.5) is 0 Å². The van der Waals surface area contributed by atoms with E-state index >= 15 is 0 Å². The Morgan fingerprint density at radius 3 is 2.06 bits per heavy atom. The minimum Gasteiger partial charge on any atom is -0.389 e. The summed E-state index contributed by atoms with van der Waals surface area (Å²) in [4.78, 5) is 0.226. The van der Waals surface area contributed by atoms with E-state index in [1.165, 1.54) is 0 Å². The number of hydrogen-bond acceptors (Lipinski definition) is 3. The van der Waals surface area contributed by atoms with Crippen LogP contribution in [0.5, 0.6) is 0 Å². The first kappa shape index (κ1) is 20.2. The van der Waals surface area contributed by atoms with Crippen molar-refractivity contribution in [2.24, 2.45) is 0 Å². The Morgan fingerprint density at radius 2 is 1.45 bits per heavy atom. The van der Waals surface area contributed by atoms with Crippen LogP contribution in [0, 0.1) is 6.92 Å². The third kappa shape index (κ3) is 3.55. The third-order valence-corrected chi connectivity index (χ3v) is 7.91. The SMILES string of the molecule is Cc1ccc(S(=O)(=O)N[C@@H]2CCCC(n3c4ccccc4c4ccccc43)[C@H]2O)cc1. The van der Waals surface area contributed by atoms with E-state index in [1.54, 1.807) is 24.3 Å². The zero-order valence-electron chi connectivity index (χ0n) is 17.4. The third-order valence-electron chi connectivity index (χ3n) is 6.41. The number of sulfonamides is 1. The molecule has 3 aromatic carbocycles. The molecule has 1 saturated carbocycles. The number of aryl methyl sites for hydroxylation is 1. The molecule has 1 aliphatic rings. The van der Waals surface area contributed by atoms with Crippen molar-refractivity contribution in [2.75, 3.05) is 0 Å². The van der Waals surface area contributed by atoms with Gasteiger partial charge in [-0.1, -0.05) is 54.1 Å². The van der Waals surface area contributed by atoms with Crippen LogP contribution in [0.1, 0.15) is 30.9 Å². The first-order valence-electron chi connectivity index (χ1n) is 10.7. The molecule has 1 heterocycles. The molecule has 6 heteroatoms. The van der Waals surface area contributed by atoms with Crippen LogP contribution >= 0.6 is 0 Å². The van der Waals surface area contributed by atoms with Crippen molar-refractivity contribution in [1.29, 1.82) is 0 Å². The molecule has 1 fully saturated rings. The number of rotatable bonds is 4. The van der Waals surface area contributed by atoms with Crippen LogP contribution in [-0.2, 0) is 10.0 Å². The first-order chi connectivity index (χ1) is 15.0. The van der Waals surface area contributed by atoms with Crippen molar-refractivity contribution >= 4 is 31.8 Å². The summed E-state index contributed by atoms with van der Waals surface area (Å²) in [5.74, 6) is 0. The molecule has 0 radical (unpaired) electrons. The molecule has 1 aliphatic carbocycles. The molecule has 4 aromatic rings. The monoisotopic (exact) mass is 434 g/mol. The highest BCUT2D eigenvalue weighted by Crippen LogP contribution is 2.38. The van der Waals surface area contributed by atoms with Gasteiger partial charge in [0, 0.05) is 21.8 Å². The zero-order chi connectivity index (χ0) is 21.6. The van der Waals surface area contributed by atoms with Crippen molar-refractivity contribution in [3.8, 4) is 0 Å². The zero-order valence-corrected chi connectivity index (χ0v) is 18.2. The molecule has 160 valence electrons. The Bertz CT molecular complexity index is 1290. The van der Waals surface area contributed by atoms with E-state index in [0.29, 0.717) is 6.42 Å². The standard InChI is InChI=1S/C25H26N2O3S/c1-17-13-15-18(16-14-17)31(29,30)26-21-9-6-12-24(25(21)28)27-22-10-4-2-7-19(22)20-8-3-5-11-23(20)27/h2-5,7-8,10-11,13-16,21,24-26,28H,6,9,12H2,1H3/t21-,24?,25+/m1/s1. The molecule has 5 rings (SSSR count). The summed E-state index contributed by atoms with van der Waals surface area (Å²) in [7, 11) is -3.71. The molecule has 1 unspecified atom stereocenters. The highest BCUT2D eigenvalue weighted by atomic mass is 32.2. The lowest BCUT2D eigenvalue weighted by atomic mass is 9.88. The van der Waals surface area contributed by atoms with Gasteiger partial charge in [0.2, 0.25) is 10.0 Å². The second kappa shape index (κ2) is 7.79. The fraction of sp³-hybridized carbons (Fsp3) is 0.280. The Kier molecular flexibility index (Phi) is 5.08. The minimum atomic E-state index is -3.71. The summed E-state index contributed by atoms with van der Waals surface area (Å²) in [6.07, 6.45) is 1.42. The van der Waals surface area contributed by atoms with Gasteiger partial charge in [-0.3, -0.25) is 0 Å². The molecule has 0 bridgehead atoms. The van der Waals surface area contributed by atoms with Crippen LogP contribution in [-0.4, -0.2) is 30.2 Å². The van der Waals surface area contributed by atoms with Gasteiger partial charge in [0.15, 0.2) is 0 Å². The number of nitrogens with one attached hydrogen (secondary N) is 1. The quantitative estimate of drug-likeness (QED) is 0.496. The first-order valence-corrected chi connectivity index (χ1v) is 12.2. The van der Waals surface area contributed by atoms with Crippen LogP contribution < -0.4 is 4.72 Å². The van der Waals surface area contributed by atoms with Crippen molar-refractivity contribution in [3.05, 3.63) is 78.4 Å². The molecule has 1 aromatic heterocycles. The van der Waals surface area contributed by atoms with Gasteiger partial charge in [-0.15, -0.1) is 0 Å². The van der Waals surface area contributed by atoms with Gasteiger partial charge >= 0.3 is 0 Å². The van der Waals surface area contributed by atoms with E-state index in [0.717, 1.165) is 40.2 Å². The molecule has 0 amide bonds. The van der Waals surface area contributed by atoms with Crippen molar-refractivity contribution in [3.63, 3.8) is 0 Å². The lowest BCUT2D eigenvalue weighted by Gasteiger charge is -2.36. The molecule has 5 nitrogen and oxygen atoms in total. The van der Waals surface area contributed by atoms with Crippen LogP contribution in [0.2, 0.25) is 0 Å². The Labute approximate surface area is 182 Å². The average Bonchev–Trinajstić information content (AvgIpc) is 3.10. The van der Waals surface area contributed by atoms with E-state index in [9.17, 15) is 13.5 Å². The van der Waals surface area contributed by atoms with Gasteiger partial charge in [-0.2, -0.15) is 0 Å². The summed E-state index contributed by atoms with van der Waals surface area (Å²) in [5.41, 5.74) is 3.13. The van der Waals surface area contributed by atoms with Crippen molar-refractivity contribution in [2.45, 2.75) is 49.3 Å².